The van der Waals surface area contributed by atoms with Crippen LogP contribution in [0, 0.1) is 0 Å². The first kappa shape index (κ1) is 19.9. The average Bonchev–Trinajstić information content (AvgIpc) is 3.27. The van der Waals surface area contributed by atoms with E-state index in [9.17, 15) is 4.79 Å². The van der Waals surface area contributed by atoms with Crippen LogP contribution in [0.1, 0.15) is 5.56 Å². The van der Waals surface area contributed by atoms with Crippen molar-refractivity contribution in [2.24, 2.45) is 0 Å². The highest BCUT2D eigenvalue weighted by molar-refractivity contribution is 6.31. The number of rotatable bonds is 6. The first-order chi connectivity index (χ1) is 14.6. The number of ether oxygens (including phenoxy) is 1. The van der Waals surface area contributed by atoms with Crippen LogP contribution >= 0.6 is 23.2 Å². The van der Waals surface area contributed by atoms with E-state index in [1.165, 1.54) is 11.0 Å². The van der Waals surface area contributed by atoms with Crippen LogP contribution in [0.15, 0.2) is 73.1 Å². The lowest BCUT2D eigenvalue weighted by atomic mass is 10.1. The molecule has 0 unspecified atom stereocenters. The molecule has 7 nitrogen and oxygen atoms in total. The molecule has 1 aromatic heterocycles. The zero-order chi connectivity index (χ0) is 20.9. The Morgan fingerprint density at radius 3 is 2.40 bits per heavy atom. The Morgan fingerprint density at radius 2 is 1.70 bits per heavy atom. The van der Waals surface area contributed by atoms with Crippen LogP contribution in [0.3, 0.4) is 0 Å². The lowest BCUT2D eigenvalue weighted by Gasteiger charge is -2.13. The molecule has 4 rings (SSSR count). The predicted octanol–water partition coefficient (Wildman–Crippen LogP) is 4.94. The molecule has 9 heteroatoms. The van der Waals surface area contributed by atoms with E-state index in [1.807, 2.05) is 24.3 Å². The van der Waals surface area contributed by atoms with Crippen LogP contribution in [0.2, 0.25) is 10.0 Å². The standard InChI is InChI=1S/C21H15Cl2N5O2/c22-15-3-8-18(9-4-15)30-20-10-5-16(23)12-19(20)25-21(29)11-14-1-6-17(7-2-14)28-13-24-26-27-28/h1-10,12-13H,11H2,(H,25,29). The summed E-state index contributed by atoms with van der Waals surface area (Å²) in [5, 5.41) is 15.0. The minimum absolute atomic E-state index is 0.183. The smallest absolute Gasteiger partial charge is 0.228 e. The number of anilines is 1. The summed E-state index contributed by atoms with van der Waals surface area (Å²) in [5.74, 6) is 0.868. The van der Waals surface area contributed by atoms with E-state index in [0.717, 1.165) is 11.3 Å². The van der Waals surface area contributed by atoms with Crippen molar-refractivity contribution in [3.05, 3.63) is 88.7 Å². The predicted molar refractivity (Wildman–Crippen MR) is 114 cm³/mol. The molecule has 0 bridgehead atoms. The van der Waals surface area contributed by atoms with Crippen molar-refractivity contribution in [1.82, 2.24) is 20.2 Å². The van der Waals surface area contributed by atoms with Crippen molar-refractivity contribution in [2.75, 3.05) is 5.32 Å². The molecule has 1 heterocycles. The molecule has 0 aliphatic carbocycles. The number of halogens is 2. The minimum Gasteiger partial charge on any atom is -0.455 e. The van der Waals surface area contributed by atoms with Crippen molar-refractivity contribution in [1.29, 1.82) is 0 Å². The summed E-state index contributed by atoms with van der Waals surface area (Å²) >= 11 is 12.0. The summed E-state index contributed by atoms with van der Waals surface area (Å²) in [4.78, 5) is 12.6. The molecule has 4 aromatic rings. The molecule has 3 aromatic carbocycles. The van der Waals surface area contributed by atoms with E-state index in [1.54, 1.807) is 42.5 Å². The summed E-state index contributed by atoms with van der Waals surface area (Å²) in [6.45, 7) is 0. The monoisotopic (exact) mass is 439 g/mol. The largest absolute Gasteiger partial charge is 0.455 e. The number of nitrogens with zero attached hydrogens (tertiary/aromatic N) is 4. The Morgan fingerprint density at radius 1 is 0.967 bits per heavy atom. The van der Waals surface area contributed by atoms with Gasteiger partial charge in [0.15, 0.2) is 5.75 Å². The fraction of sp³-hybridized carbons (Fsp3) is 0.0476. The fourth-order valence-electron chi connectivity index (χ4n) is 2.74. The third-order valence-corrected chi connectivity index (χ3v) is 4.66. The maximum atomic E-state index is 12.6. The molecule has 1 N–H and O–H groups in total. The van der Waals surface area contributed by atoms with Crippen LogP contribution in [-0.4, -0.2) is 26.1 Å². The van der Waals surface area contributed by atoms with Crippen LogP contribution in [-0.2, 0) is 11.2 Å². The van der Waals surface area contributed by atoms with Crippen molar-refractivity contribution in [2.45, 2.75) is 6.42 Å². The first-order valence-electron chi connectivity index (χ1n) is 8.92. The minimum atomic E-state index is -0.201. The van der Waals surface area contributed by atoms with E-state index in [4.69, 9.17) is 27.9 Å². The van der Waals surface area contributed by atoms with Gasteiger partial charge in [-0.05, 0) is 70.6 Å². The summed E-state index contributed by atoms with van der Waals surface area (Å²) in [7, 11) is 0. The maximum absolute atomic E-state index is 12.6. The van der Waals surface area contributed by atoms with Gasteiger partial charge in [0.2, 0.25) is 5.91 Å². The zero-order valence-corrected chi connectivity index (χ0v) is 17.0. The van der Waals surface area contributed by atoms with Gasteiger partial charge in [-0.25, -0.2) is 4.68 Å². The average molecular weight is 440 g/mol. The normalized spacial score (nSPS) is 10.6. The van der Waals surface area contributed by atoms with Crippen LogP contribution in [0.25, 0.3) is 5.69 Å². The van der Waals surface area contributed by atoms with E-state index < -0.39 is 0 Å². The number of carbonyl (C=O) groups is 1. The Kier molecular flexibility index (Phi) is 5.92. The van der Waals surface area contributed by atoms with Crippen LogP contribution in [0.5, 0.6) is 11.5 Å². The summed E-state index contributed by atoms with van der Waals surface area (Å²) in [6.07, 6.45) is 1.69. The van der Waals surface area contributed by atoms with Gasteiger partial charge in [0, 0.05) is 10.0 Å². The highest BCUT2D eigenvalue weighted by Crippen LogP contribution is 2.32. The van der Waals surface area contributed by atoms with Crippen molar-refractivity contribution >= 4 is 34.8 Å². The molecular weight excluding hydrogens is 425 g/mol. The molecular formula is C21H15Cl2N5O2. The summed E-state index contributed by atoms with van der Waals surface area (Å²) < 4.78 is 7.41. The van der Waals surface area contributed by atoms with Gasteiger partial charge in [0.05, 0.1) is 17.8 Å². The molecule has 0 atom stereocenters. The number of tetrazole rings is 1. The Bertz CT molecular complexity index is 1150. The molecule has 1 amide bonds. The molecule has 0 radical (unpaired) electrons. The number of benzene rings is 3. The number of carbonyl (C=O) groups excluding carboxylic acids is 1. The third kappa shape index (κ3) is 4.94. The Labute approximate surface area is 182 Å². The van der Waals surface area contributed by atoms with Crippen LogP contribution in [0.4, 0.5) is 5.69 Å². The lowest BCUT2D eigenvalue weighted by molar-refractivity contribution is -0.115. The third-order valence-electron chi connectivity index (χ3n) is 4.17. The number of hydrogen-bond acceptors (Lipinski definition) is 5. The van der Waals surface area contributed by atoms with Crippen LogP contribution < -0.4 is 10.1 Å². The molecule has 0 saturated carbocycles. The van der Waals surface area contributed by atoms with Gasteiger partial charge in [-0.2, -0.15) is 0 Å². The fourth-order valence-corrected chi connectivity index (χ4v) is 3.04. The zero-order valence-electron chi connectivity index (χ0n) is 15.5. The first-order valence-corrected chi connectivity index (χ1v) is 9.67. The second-order valence-corrected chi connectivity index (χ2v) is 7.22. The SMILES string of the molecule is O=C(Cc1ccc(-n2cnnn2)cc1)Nc1cc(Cl)ccc1Oc1ccc(Cl)cc1. The second kappa shape index (κ2) is 8.94. The van der Waals surface area contributed by atoms with Gasteiger partial charge < -0.3 is 10.1 Å². The highest BCUT2D eigenvalue weighted by atomic mass is 35.5. The van der Waals surface area contributed by atoms with Gasteiger partial charge in [-0.15, -0.1) is 5.10 Å². The number of hydrogen-bond donors (Lipinski definition) is 1. The topological polar surface area (TPSA) is 81.9 Å². The number of nitrogens with one attached hydrogen (secondary N) is 1. The van der Waals surface area contributed by atoms with Crippen molar-refractivity contribution < 1.29 is 9.53 Å². The highest BCUT2D eigenvalue weighted by Gasteiger charge is 2.11. The van der Waals surface area contributed by atoms with Gasteiger partial charge >= 0.3 is 0 Å². The van der Waals surface area contributed by atoms with Gasteiger partial charge in [0.25, 0.3) is 0 Å². The summed E-state index contributed by atoms with van der Waals surface area (Å²) in [5.41, 5.74) is 2.12. The Balaban J connectivity index is 1.46. The van der Waals surface area contributed by atoms with E-state index in [2.05, 4.69) is 20.8 Å². The molecule has 30 heavy (non-hydrogen) atoms. The molecule has 0 spiro atoms. The van der Waals surface area contributed by atoms with Gasteiger partial charge in [-0.3, -0.25) is 4.79 Å². The molecule has 0 saturated heterocycles. The molecule has 0 aliphatic heterocycles. The van der Waals surface area contributed by atoms with Gasteiger partial charge in [-0.1, -0.05) is 35.3 Å². The number of amides is 1. The number of aromatic nitrogens is 4. The van der Waals surface area contributed by atoms with Crippen molar-refractivity contribution in [3.8, 4) is 17.2 Å². The van der Waals surface area contributed by atoms with Gasteiger partial charge in [0.1, 0.15) is 12.1 Å². The van der Waals surface area contributed by atoms with E-state index >= 15 is 0 Å². The molecule has 150 valence electrons. The lowest BCUT2D eigenvalue weighted by Crippen LogP contribution is -2.15. The van der Waals surface area contributed by atoms with E-state index in [0.29, 0.717) is 27.2 Å². The Hall–Kier alpha value is -3.42. The summed E-state index contributed by atoms with van der Waals surface area (Å²) in [6, 6.07) is 19.4. The second-order valence-electron chi connectivity index (χ2n) is 6.34. The quantitative estimate of drug-likeness (QED) is 0.459. The van der Waals surface area contributed by atoms with E-state index in [-0.39, 0.29) is 12.3 Å². The van der Waals surface area contributed by atoms with Crippen molar-refractivity contribution in [3.63, 3.8) is 0 Å². The maximum Gasteiger partial charge on any atom is 0.228 e. The molecule has 0 fully saturated rings. The molecule has 0 aliphatic rings.